The van der Waals surface area contributed by atoms with E-state index in [-0.39, 0.29) is 11.9 Å². The Morgan fingerprint density at radius 1 is 1.58 bits per heavy atom. The molecule has 1 aromatic rings. The zero-order valence-electron chi connectivity index (χ0n) is 11.2. The molecule has 0 aliphatic carbocycles. The van der Waals surface area contributed by atoms with Crippen molar-refractivity contribution in [1.29, 1.82) is 0 Å². The smallest absolute Gasteiger partial charge is 0.363 e. The molecule has 2 rings (SSSR count). The number of nitrogens with zero attached hydrogens (tertiary/aromatic N) is 4. The summed E-state index contributed by atoms with van der Waals surface area (Å²) in [5, 5.41) is 10.6. The van der Waals surface area contributed by atoms with Crippen LogP contribution >= 0.6 is 0 Å². The number of anilines is 1. The molecule has 1 atom stereocenters. The van der Waals surface area contributed by atoms with Gasteiger partial charge in [0.15, 0.2) is 6.20 Å². The average molecular weight is 266 g/mol. The minimum Gasteiger partial charge on any atom is -0.373 e. The Morgan fingerprint density at radius 3 is 2.95 bits per heavy atom. The Hall–Kier alpha value is -1.73. The first-order valence-corrected chi connectivity index (χ1v) is 6.18. The molecule has 1 fully saturated rings. The van der Waals surface area contributed by atoms with Gasteiger partial charge in [-0.2, -0.15) is 0 Å². The number of rotatable bonds is 4. The summed E-state index contributed by atoms with van der Waals surface area (Å²) in [6.07, 6.45) is 1.70. The van der Waals surface area contributed by atoms with Crippen LogP contribution in [0.5, 0.6) is 0 Å². The SMILES string of the molecule is CN(C)CC1CN(c2ccc([N+](=O)[O-])nc2)CCO1. The first kappa shape index (κ1) is 13.7. The van der Waals surface area contributed by atoms with Crippen LogP contribution in [0, 0.1) is 10.1 Å². The van der Waals surface area contributed by atoms with Gasteiger partial charge in [-0.3, -0.25) is 0 Å². The highest BCUT2D eigenvalue weighted by atomic mass is 16.6. The lowest BCUT2D eigenvalue weighted by atomic mass is 10.2. The van der Waals surface area contributed by atoms with Gasteiger partial charge < -0.3 is 24.7 Å². The first-order chi connectivity index (χ1) is 9.06. The number of ether oxygens (including phenoxy) is 1. The van der Waals surface area contributed by atoms with Crippen LogP contribution in [0.15, 0.2) is 18.3 Å². The van der Waals surface area contributed by atoms with Gasteiger partial charge in [0.25, 0.3) is 0 Å². The Morgan fingerprint density at radius 2 is 2.37 bits per heavy atom. The third-order valence-corrected chi connectivity index (χ3v) is 2.99. The van der Waals surface area contributed by atoms with E-state index in [4.69, 9.17) is 4.74 Å². The minimum atomic E-state index is -0.488. The Balaban J connectivity index is 2.02. The molecule has 1 aliphatic heterocycles. The Bertz CT molecular complexity index is 435. The van der Waals surface area contributed by atoms with Crippen molar-refractivity contribution in [3.8, 4) is 0 Å². The Labute approximate surface area is 111 Å². The predicted octanol–water partition coefficient (Wildman–Crippen LogP) is 0.757. The van der Waals surface area contributed by atoms with E-state index in [2.05, 4.69) is 14.8 Å². The van der Waals surface area contributed by atoms with E-state index in [1.807, 2.05) is 14.1 Å². The summed E-state index contributed by atoms with van der Waals surface area (Å²) in [7, 11) is 4.02. The van der Waals surface area contributed by atoms with Gasteiger partial charge in [0.05, 0.1) is 18.4 Å². The normalized spacial score (nSPS) is 19.7. The Kier molecular flexibility index (Phi) is 4.28. The molecule has 1 saturated heterocycles. The zero-order chi connectivity index (χ0) is 13.8. The molecule has 19 heavy (non-hydrogen) atoms. The quantitative estimate of drug-likeness (QED) is 0.591. The van der Waals surface area contributed by atoms with Crippen molar-refractivity contribution < 1.29 is 9.66 Å². The van der Waals surface area contributed by atoms with Crippen molar-refractivity contribution in [3.63, 3.8) is 0 Å². The second-order valence-corrected chi connectivity index (χ2v) is 4.83. The lowest BCUT2D eigenvalue weighted by Crippen LogP contribution is -2.46. The van der Waals surface area contributed by atoms with Crippen LogP contribution < -0.4 is 4.90 Å². The van der Waals surface area contributed by atoms with Gasteiger partial charge in [0.2, 0.25) is 0 Å². The average Bonchev–Trinajstić information content (AvgIpc) is 2.38. The highest BCUT2D eigenvalue weighted by molar-refractivity contribution is 5.47. The topological polar surface area (TPSA) is 71.7 Å². The van der Waals surface area contributed by atoms with Crippen LogP contribution in [-0.2, 0) is 4.74 Å². The number of pyridine rings is 1. The number of hydrogen-bond acceptors (Lipinski definition) is 6. The molecule has 1 aliphatic rings. The zero-order valence-corrected chi connectivity index (χ0v) is 11.2. The largest absolute Gasteiger partial charge is 0.373 e. The summed E-state index contributed by atoms with van der Waals surface area (Å²) < 4.78 is 5.69. The molecule has 1 unspecified atom stereocenters. The number of likely N-dealkylation sites (N-methyl/N-ethyl adjacent to an activating group) is 1. The van der Waals surface area contributed by atoms with Crippen LogP contribution in [0.25, 0.3) is 0 Å². The fourth-order valence-electron chi connectivity index (χ4n) is 2.14. The molecule has 0 bridgehead atoms. The van der Waals surface area contributed by atoms with Gasteiger partial charge in [-0.15, -0.1) is 0 Å². The van der Waals surface area contributed by atoms with Crippen molar-refractivity contribution in [2.45, 2.75) is 6.10 Å². The van der Waals surface area contributed by atoms with E-state index in [1.165, 1.54) is 6.07 Å². The summed E-state index contributed by atoms with van der Waals surface area (Å²) >= 11 is 0. The molecule has 0 spiro atoms. The molecule has 7 nitrogen and oxygen atoms in total. The molecular formula is C12H18N4O3. The second kappa shape index (κ2) is 5.94. The van der Waals surface area contributed by atoms with Crippen molar-refractivity contribution in [1.82, 2.24) is 9.88 Å². The van der Waals surface area contributed by atoms with Crippen LogP contribution in [0.3, 0.4) is 0 Å². The molecule has 0 amide bonds. The maximum absolute atomic E-state index is 10.6. The third kappa shape index (κ3) is 3.62. The number of nitro groups is 1. The number of morpholine rings is 1. The summed E-state index contributed by atoms with van der Waals surface area (Å²) in [6, 6.07) is 3.18. The summed E-state index contributed by atoms with van der Waals surface area (Å²) in [5.74, 6) is -0.123. The van der Waals surface area contributed by atoms with E-state index in [0.29, 0.717) is 6.61 Å². The second-order valence-electron chi connectivity index (χ2n) is 4.83. The number of aromatic nitrogens is 1. The fraction of sp³-hybridized carbons (Fsp3) is 0.583. The minimum absolute atomic E-state index is 0.123. The van der Waals surface area contributed by atoms with Crippen LogP contribution in [0.2, 0.25) is 0 Å². The molecular weight excluding hydrogens is 248 g/mol. The van der Waals surface area contributed by atoms with Crippen molar-refractivity contribution in [3.05, 3.63) is 28.4 Å². The van der Waals surface area contributed by atoms with Gasteiger partial charge in [0, 0.05) is 25.7 Å². The lowest BCUT2D eigenvalue weighted by molar-refractivity contribution is -0.389. The molecule has 1 aromatic heterocycles. The van der Waals surface area contributed by atoms with Gasteiger partial charge in [0.1, 0.15) is 0 Å². The van der Waals surface area contributed by atoms with Crippen LogP contribution in [0.1, 0.15) is 0 Å². The van der Waals surface area contributed by atoms with E-state index in [1.54, 1.807) is 12.3 Å². The van der Waals surface area contributed by atoms with E-state index in [0.717, 1.165) is 25.3 Å². The highest BCUT2D eigenvalue weighted by Crippen LogP contribution is 2.19. The molecule has 0 aromatic carbocycles. The summed E-state index contributed by atoms with van der Waals surface area (Å²) in [5.41, 5.74) is 0.901. The fourth-order valence-corrected chi connectivity index (χ4v) is 2.14. The molecule has 2 heterocycles. The van der Waals surface area contributed by atoms with Gasteiger partial charge in [-0.25, -0.2) is 0 Å². The van der Waals surface area contributed by atoms with E-state index in [9.17, 15) is 10.1 Å². The molecule has 7 heteroatoms. The maximum atomic E-state index is 10.6. The van der Waals surface area contributed by atoms with Crippen LogP contribution in [0.4, 0.5) is 11.5 Å². The van der Waals surface area contributed by atoms with Crippen LogP contribution in [-0.4, -0.2) is 61.2 Å². The highest BCUT2D eigenvalue weighted by Gasteiger charge is 2.22. The van der Waals surface area contributed by atoms with E-state index < -0.39 is 4.92 Å². The molecule has 0 N–H and O–H groups in total. The van der Waals surface area contributed by atoms with Crippen molar-refractivity contribution in [2.24, 2.45) is 0 Å². The van der Waals surface area contributed by atoms with Crippen molar-refractivity contribution in [2.75, 3.05) is 45.2 Å². The van der Waals surface area contributed by atoms with Gasteiger partial charge >= 0.3 is 5.82 Å². The molecule has 0 radical (unpaired) electrons. The van der Waals surface area contributed by atoms with Crippen molar-refractivity contribution >= 4 is 11.5 Å². The van der Waals surface area contributed by atoms with Gasteiger partial charge in [-0.05, 0) is 30.1 Å². The van der Waals surface area contributed by atoms with Gasteiger partial charge in [-0.1, -0.05) is 0 Å². The summed E-state index contributed by atoms with van der Waals surface area (Å²) in [6.45, 7) is 3.08. The molecule has 104 valence electrons. The molecule has 0 saturated carbocycles. The first-order valence-electron chi connectivity index (χ1n) is 6.18. The number of hydrogen-bond donors (Lipinski definition) is 0. The standard InChI is InChI=1S/C12H18N4O3/c1-14(2)8-11-9-15(5-6-19-11)10-3-4-12(13-7-10)16(17)18/h3-4,7,11H,5-6,8-9H2,1-2H3. The predicted molar refractivity (Wildman–Crippen MR) is 71.4 cm³/mol. The summed E-state index contributed by atoms with van der Waals surface area (Å²) in [4.78, 5) is 18.2. The van der Waals surface area contributed by atoms with E-state index >= 15 is 0 Å². The third-order valence-electron chi connectivity index (χ3n) is 2.99. The maximum Gasteiger partial charge on any atom is 0.363 e. The lowest BCUT2D eigenvalue weighted by Gasteiger charge is -2.35. The monoisotopic (exact) mass is 266 g/mol.